The van der Waals surface area contributed by atoms with Crippen LogP contribution in [0.2, 0.25) is 0 Å². The predicted molar refractivity (Wildman–Crippen MR) is 79.6 cm³/mol. The molecule has 2 rings (SSSR count). The molecule has 0 aliphatic carbocycles. The summed E-state index contributed by atoms with van der Waals surface area (Å²) < 4.78 is 6.68. The summed E-state index contributed by atoms with van der Waals surface area (Å²) in [5.74, 6) is 2.19. The van der Waals surface area contributed by atoms with Gasteiger partial charge >= 0.3 is 0 Å². The normalized spacial score (nSPS) is 17.2. The van der Waals surface area contributed by atoms with Gasteiger partial charge in [-0.3, -0.25) is 0 Å². The van der Waals surface area contributed by atoms with Crippen molar-refractivity contribution in [2.45, 2.75) is 38.5 Å². The summed E-state index contributed by atoms with van der Waals surface area (Å²) in [6, 6.07) is 4.53. The fraction of sp³-hybridized carbons (Fsp3) is 0.600. The maximum Gasteiger partial charge on any atom is 0.136 e. The van der Waals surface area contributed by atoms with Crippen LogP contribution in [0.1, 0.15) is 49.7 Å². The molecular weight excluding hydrogens is 290 g/mol. The highest BCUT2D eigenvalue weighted by molar-refractivity contribution is 9.10. The fourth-order valence-corrected chi connectivity index (χ4v) is 3.28. The van der Waals surface area contributed by atoms with Crippen molar-refractivity contribution < 1.29 is 4.74 Å². The minimum atomic E-state index is 0.549. The SMILES string of the molecule is COc1c(Br)cc(C(C)C)cc1C1CCNCC1. The number of benzene rings is 1. The predicted octanol–water partition coefficient (Wildman–Crippen LogP) is 4.05. The van der Waals surface area contributed by atoms with Crippen molar-refractivity contribution in [3.8, 4) is 5.75 Å². The number of ether oxygens (including phenoxy) is 1. The number of rotatable bonds is 3. The maximum absolute atomic E-state index is 5.60. The van der Waals surface area contributed by atoms with Gasteiger partial charge in [0, 0.05) is 0 Å². The number of halogens is 1. The standard InChI is InChI=1S/C15H22BrNO/c1-10(2)12-8-13(11-4-6-17-7-5-11)15(18-3)14(16)9-12/h8-11,17H,4-7H2,1-3H3. The van der Waals surface area contributed by atoms with Gasteiger partial charge in [-0.15, -0.1) is 0 Å². The van der Waals surface area contributed by atoms with E-state index >= 15 is 0 Å². The van der Waals surface area contributed by atoms with Crippen LogP contribution in [0.5, 0.6) is 5.75 Å². The monoisotopic (exact) mass is 311 g/mol. The van der Waals surface area contributed by atoms with Gasteiger partial charge in [0.1, 0.15) is 5.75 Å². The molecule has 0 radical (unpaired) electrons. The van der Waals surface area contributed by atoms with Crippen molar-refractivity contribution in [1.29, 1.82) is 0 Å². The van der Waals surface area contributed by atoms with E-state index in [1.165, 1.54) is 24.0 Å². The van der Waals surface area contributed by atoms with Crippen LogP contribution in [0.15, 0.2) is 16.6 Å². The van der Waals surface area contributed by atoms with E-state index in [0.29, 0.717) is 11.8 Å². The topological polar surface area (TPSA) is 21.3 Å². The number of hydrogen-bond acceptors (Lipinski definition) is 2. The average Bonchev–Trinajstić information content (AvgIpc) is 2.38. The van der Waals surface area contributed by atoms with Gasteiger partial charge < -0.3 is 10.1 Å². The summed E-state index contributed by atoms with van der Waals surface area (Å²) >= 11 is 3.65. The molecule has 1 aliphatic rings. The number of hydrogen-bond donors (Lipinski definition) is 1. The fourth-order valence-electron chi connectivity index (χ4n) is 2.62. The second-order valence-electron chi connectivity index (χ2n) is 5.30. The van der Waals surface area contributed by atoms with Crippen LogP contribution >= 0.6 is 15.9 Å². The third-order valence-corrected chi connectivity index (χ3v) is 4.33. The molecule has 1 heterocycles. The quantitative estimate of drug-likeness (QED) is 0.909. The third kappa shape index (κ3) is 2.89. The molecule has 1 aromatic rings. The summed E-state index contributed by atoms with van der Waals surface area (Å²) in [6.07, 6.45) is 2.40. The Morgan fingerprint density at radius 3 is 2.50 bits per heavy atom. The molecule has 0 spiro atoms. The molecule has 3 heteroatoms. The highest BCUT2D eigenvalue weighted by atomic mass is 79.9. The molecule has 2 nitrogen and oxygen atoms in total. The molecule has 0 amide bonds. The van der Waals surface area contributed by atoms with Crippen LogP contribution in [0.4, 0.5) is 0 Å². The molecule has 0 aromatic heterocycles. The van der Waals surface area contributed by atoms with E-state index < -0.39 is 0 Å². The average molecular weight is 312 g/mol. The molecule has 1 N–H and O–H groups in total. The Kier molecular flexibility index (Phi) is 4.68. The van der Waals surface area contributed by atoms with E-state index in [4.69, 9.17) is 4.74 Å². The summed E-state index contributed by atoms with van der Waals surface area (Å²) in [5, 5.41) is 3.42. The van der Waals surface area contributed by atoms with Gasteiger partial charge in [-0.25, -0.2) is 0 Å². The van der Waals surface area contributed by atoms with Crippen LogP contribution < -0.4 is 10.1 Å². The molecule has 0 saturated carbocycles. The second kappa shape index (κ2) is 6.07. The van der Waals surface area contributed by atoms with Crippen LogP contribution in [0.3, 0.4) is 0 Å². The Morgan fingerprint density at radius 2 is 1.94 bits per heavy atom. The van der Waals surface area contributed by atoms with Crippen molar-refractivity contribution >= 4 is 15.9 Å². The van der Waals surface area contributed by atoms with Gasteiger partial charge in [-0.1, -0.05) is 19.9 Å². The Labute approximate surface area is 118 Å². The van der Waals surface area contributed by atoms with Crippen molar-refractivity contribution in [3.63, 3.8) is 0 Å². The van der Waals surface area contributed by atoms with E-state index in [2.05, 4.69) is 47.2 Å². The minimum Gasteiger partial charge on any atom is -0.495 e. The first-order valence-electron chi connectivity index (χ1n) is 6.71. The lowest BCUT2D eigenvalue weighted by atomic mass is 9.87. The zero-order valence-electron chi connectivity index (χ0n) is 11.4. The molecule has 1 fully saturated rings. The molecule has 1 aromatic carbocycles. The Bertz CT molecular complexity index is 411. The molecule has 0 unspecified atom stereocenters. The van der Waals surface area contributed by atoms with Crippen LogP contribution in [-0.2, 0) is 0 Å². The molecule has 0 bridgehead atoms. The van der Waals surface area contributed by atoms with Crippen molar-refractivity contribution in [1.82, 2.24) is 5.32 Å². The van der Waals surface area contributed by atoms with Crippen LogP contribution in [-0.4, -0.2) is 20.2 Å². The third-order valence-electron chi connectivity index (χ3n) is 3.74. The highest BCUT2D eigenvalue weighted by Crippen LogP contribution is 2.39. The first-order chi connectivity index (χ1) is 8.63. The zero-order valence-corrected chi connectivity index (χ0v) is 13.0. The Balaban J connectivity index is 2.41. The zero-order chi connectivity index (χ0) is 13.1. The van der Waals surface area contributed by atoms with Gasteiger partial charge in [-0.2, -0.15) is 0 Å². The summed E-state index contributed by atoms with van der Waals surface area (Å²) in [5.41, 5.74) is 2.76. The smallest absolute Gasteiger partial charge is 0.136 e. The maximum atomic E-state index is 5.60. The lowest BCUT2D eigenvalue weighted by molar-refractivity contribution is 0.389. The highest BCUT2D eigenvalue weighted by Gasteiger charge is 2.21. The number of nitrogens with one attached hydrogen (secondary N) is 1. The van der Waals surface area contributed by atoms with E-state index in [-0.39, 0.29) is 0 Å². The molecule has 0 atom stereocenters. The summed E-state index contributed by atoms with van der Waals surface area (Å²) in [7, 11) is 1.76. The van der Waals surface area contributed by atoms with Gasteiger partial charge in [0.2, 0.25) is 0 Å². The lowest BCUT2D eigenvalue weighted by Gasteiger charge is -2.26. The number of piperidine rings is 1. The van der Waals surface area contributed by atoms with E-state index in [0.717, 1.165) is 23.3 Å². The largest absolute Gasteiger partial charge is 0.495 e. The van der Waals surface area contributed by atoms with Crippen molar-refractivity contribution in [3.05, 3.63) is 27.7 Å². The molecular formula is C15H22BrNO. The molecule has 1 aliphatic heterocycles. The first-order valence-corrected chi connectivity index (χ1v) is 7.50. The van der Waals surface area contributed by atoms with Crippen molar-refractivity contribution in [2.75, 3.05) is 20.2 Å². The van der Waals surface area contributed by atoms with Gasteiger partial charge in [0.25, 0.3) is 0 Å². The van der Waals surface area contributed by atoms with Gasteiger partial charge in [-0.05, 0) is 70.9 Å². The second-order valence-corrected chi connectivity index (χ2v) is 6.16. The van der Waals surface area contributed by atoms with Gasteiger partial charge in [0.05, 0.1) is 11.6 Å². The van der Waals surface area contributed by atoms with E-state index in [9.17, 15) is 0 Å². The van der Waals surface area contributed by atoms with Gasteiger partial charge in [0.15, 0.2) is 0 Å². The molecule has 1 saturated heterocycles. The van der Waals surface area contributed by atoms with Crippen LogP contribution in [0, 0.1) is 0 Å². The first kappa shape index (κ1) is 13.9. The summed E-state index contributed by atoms with van der Waals surface area (Å²) in [6.45, 7) is 6.69. The summed E-state index contributed by atoms with van der Waals surface area (Å²) in [4.78, 5) is 0. The Morgan fingerprint density at radius 1 is 1.28 bits per heavy atom. The number of methoxy groups -OCH3 is 1. The van der Waals surface area contributed by atoms with E-state index in [1.54, 1.807) is 7.11 Å². The van der Waals surface area contributed by atoms with E-state index in [1.807, 2.05) is 0 Å². The van der Waals surface area contributed by atoms with Crippen LogP contribution in [0.25, 0.3) is 0 Å². The Hall–Kier alpha value is -0.540. The lowest BCUT2D eigenvalue weighted by Crippen LogP contribution is -2.27. The van der Waals surface area contributed by atoms with Crippen molar-refractivity contribution in [2.24, 2.45) is 0 Å². The molecule has 18 heavy (non-hydrogen) atoms. The molecule has 100 valence electrons. The minimum absolute atomic E-state index is 0.549.